The molecule has 0 radical (unpaired) electrons. The van der Waals surface area contributed by atoms with Gasteiger partial charge < -0.3 is 9.84 Å². The summed E-state index contributed by atoms with van der Waals surface area (Å²) < 4.78 is 44.0. The molecule has 1 atom stereocenters. The fourth-order valence-electron chi connectivity index (χ4n) is 3.93. The molecule has 174 valence electrons. The first-order valence-corrected chi connectivity index (χ1v) is 12.2. The van der Waals surface area contributed by atoms with Crippen molar-refractivity contribution in [2.45, 2.75) is 37.9 Å². The van der Waals surface area contributed by atoms with Crippen LogP contribution in [0.1, 0.15) is 24.5 Å². The molecule has 1 aliphatic heterocycles. The Bertz CT molecular complexity index is 1430. The molecule has 10 heteroatoms. The average Bonchev–Trinajstić information content (AvgIpc) is 3.25. The van der Waals surface area contributed by atoms with Crippen LogP contribution >= 0.6 is 0 Å². The molecule has 4 rings (SSSR count). The molecule has 8 nitrogen and oxygen atoms in total. The monoisotopic (exact) mass is 474 g/mol. The van der Waals surface area contributed by atoms with E-state index in [1.54, 1.807) is 6.07 Å². The number of fused-ring (bicyclic) bond motifs is 2. The van der Waals surface area contributed by atoms with E-state index in [1.165, 1.54) is 19.3 Å². The maximum absolute atomic E-state index is 15.0. The first-order valence-electron chi connectivity index (χ1n) is 10.3. The number of rotatable bonds is 7. The zero-order valence-corrected chi connectivity index (χ0v) is 19.0. The molecule has 0 amide bonds. The molecule has 1 N–H and O–H groups in total. The Kier molecular flexibility index (Phi) is 5.94. The second-order valence-electron chi connectivity index (χ2n) is 8.40. The van der Waals surface area contributed by atoms with E-state index in [2.05, 4.69) is 4.98 Å². The number of carbonyl (C=O) groups excluding carboxylic acids is 1. The first-order chi connectivity index (χ1) is 15.5. The zero-order valence-electron chi connectivity index (χ0n) is 18.2. The number of aliphatic hydroxyl groups excluding tert-OH is 1. The van der Waals surface area contributed by atoms with Crippen molar-refractivity contribution in [1.29, 1.82) is 0 Å². The lowest BCUT2D eigenvalue weighted by Crippen LogP contribution is -2.46. The van der Waals surface area contributed by atoms with Crippen LogP contribution in [0.5, 0.6) is 0 Å². The van der Waals surface area contributed by atoms with Crippen molar-refractivity contribution in [2.75, 3.05) is 12.9 Å². The average molecular weight is 475 g/mol. The summed E-state index contributed by atoms with van der Waals surface area (Å²) in [5, 5.41) is 9.23. The van der Waals surface area contributed by atoms with Crippen molar-refractivity contribution >= 4 is 26.5 Å². The second kappa shape index (κ2) is 8.44. The number of aromatic nitrogens is 2. The van der Waals surface area contributed by atoms with E-state index < -0.39 is 38.4 Å². The Morgan fingerprint density at radius 2 is 1.97 bits per heavy atom. The van der Waals surface area contributed by atoms with Gasteiger partial charge in [0.2, 0.25) is 0 Å². The fraction of sp³-hybridized carbons (Fsp3) is 0.348. The Morgan fingerprint density at radius 3 is 2.67 bits per heavy atom. The van der Waals surface area contributed by atoms with Gasteiger partial charge in [0.25, 0.3) is 5.56 Å². The largest absolute Gasteiger partial charge is 0.389 e. The molecular formula is C23H23FN2O6S. The van der Waals surface area contributed by atoms with Crippen molar-refractivity contribution in [1.82, 2.24) is 9.55 Å². The summed E-state index contributed by atoms with van der Waals surface area (Å²) in [5.74, 6) is -1.45. The van der Waals surface area contributed by atoms with Crippen LogP contribution in [0.2, 0.25) is 0 Å². The summed E-state index contributed by atoms with van der Waals surface area (Å²) >= 11 is 0. The number of sulfone groups is 1. The van der Waals surface area contributed by atoms with Gasteiger partial charge in [0.15, 0.2) is 15.6 Å². The summed E-state index contributed by atoms with van der Waals surface area (Å²) in [4.78, 5) is 29.3. The van der Waals surface area contributed by atoms with Crippen LogP contribution in [0.3, 0.4) is 0 Å². The van der Waals surface area contributed by atoms with Crippen LogP contribution in [0, 0.1) is 5.82 Å². The third-order valence-electron chi connectivity index (χ3n) is 6.33. The highest BCUT2D eigenvalue weighted by molar-refractivity contribution is 7.92. The molecule has 2 aromatic carbocycles. The molecular weight excluding hydrogens is 451 g/mol. The normalized spacial score (nSPS) is 15.4. The SMILES string of the molecule is C[C@@](CCn1cnc2cc(-c3ccc4c(c3)COC4)c(F)cc2c1=O)(C(=O)CO)S(C)(=O)=O. The van der Waals surface area contributed by atoms with E-state index in [1.807, 2.05) is 12.1 Å². The number of nitrogens with zero attached hydrogens (tertiary/aromatic N) is 2. The number of aryl methyl sites for hydroxylation is 1. The molecule has 0 saturated heterocycles. The maximum Gasteiger partial charge on any atom is 0.261 e. The van der Waals surface area contributed by atoms with Crippen molar-refractivity contribution in [3.05, 3.63) is 64.0 Å². The van der Waals surface area contributed by atoms with Crippen LogP contribution in [0.15, 0.2) is 41.5 Å². The fourth-order valence-corrected chi connectivity index (χ4v) is 4.87. The van der Waals surface area contributed by atoms with Gasteiger partial charge in [0.05, 0.1) is 30.4 Å². The van der Waals surface area contributed by atoms with Gasteiger partial charge in [-0.15, -0.1) is 0 Å². The lowest BCUT2D eigenvalue weighted by Gasteiger charge is -2.25. The molecule has 1 aromatic heterocycles. The maximum atomic E-state index is 15.0. The van der Waals surface area contributed by atoms with Crippen molar-refractivity contribution in [3.8, 4) is 11.1 Å². The second-order valence-corrected chi connectivity index (χ2v) is 10.8. The minimum Gasteiger partial charge on any atom is -0.389 e. The standard InChI is InChI=1S/C23H23FN2O6S/c1-23(21(28)10-27,33(2,30)31)5-6-26-13-25-20-9-17(19(24)8-18(20)22(26)29)14-3-4-15-11-32-12-16(15)7-14/h3-4,7-9,13,27H,5-6,10-12H2,1-2H3/t23-/m1/s1. The highest BCUT2D eigenvalue weighted by Gasteiger charge is 2.42. The number of hydrogen-bond acceptors (Lipinski definition) is 7. The number of aliphatic hydroxyl groups is 1. The number of ether oxygens (including phenoxy) is 1. The predicted molar refractivity (Wildman–Crippen MR) is 120 cm³/mol. The smallest absolute Gasteiger partial charge is 0.261 e. The molecule has 0 spiro atoms. The third kappa shape index (κ3) is 4.09. The number of hydrogen-bond donors (Lipinski definition) is 1. The van der Waals surface area contributed by atoms with E-state index in [-0.39, 0.29) is 18.4 Å². The lowest BCUT2D eigenvalue weighted by atomic mass is 9.99. The van der Waals surface area contributed by atoms with Crippen molar-refractivity contribution in [3.63, 3.8) is 0 Å². The minimum atomic E-state index is -3.86. The molecule has 3 aromatic rings. The van der Waals surface area contributed by atoms with Gasteiger partial charge in [0, 0.05) is 18.4 Å². The summed E-state index contributed by atoms with van der Waals surface area (Å²) in [6.07, 6.45) is 1.91. The van der Waals surface area contributed by atoms with Gasteiger partial charge in [-0.25, -0.2) is 17.8 Å². The Labute approximate surface area is 189 Å². The molecule has 1 aliphatic rings. The van der Waals surface area contributed by atoms with Crippen LogP contribution < -0.4 is 5.56 Å². The van der Waals surface area contributed by atoms with Crippen molar-refractivity contribution in [2.24, 2.45) is 0 Å². The highest BCUT2D eigenvalue weighted by Crippen LogP contribution is 2.30. The highest BCUT2D eigenvalue weighted by atomic mass is 32.2. The molecule has 0 unspecified atom stereocenters. The van der Waals surface area contributed by atoms with Crippen LogP contribution in [0.25, 0.3) is 22.0 Å². The summed E-state index contributed by atoms with van der Waals surface area (Å²) in [6, 6.07) is 8.17. The number of benzene rings is 2. The number of halogens is 1. The van der Waals surface area contributed by atoms with Gasteiger partial charge in [-0.1, -0.05) is 12.1 Å². The van der Waals surface area contributed by atoms with Crippen LogP contribution in [-0.4, -0.2) is 46.5 Å². The third-order valence-corrected chi connectivity index (χ3v) is 8.40. The van der Waals surface area contributed by atoms with Gasteiger partial charge in [0.1, 0.15) is 17.2 Å². The summed E-state index contributed by atoms with van der Waals surface area (Å²) in [5.41, 5.74) is 2.74. The Balaban J connectivity index is 1.69. The van der Waals surface area contributed by atoms with Crippen molar-refractivity contribution < 1.29 is 27.4 Å². The molecule has 0 saturated carbocycles. The number of Topliss-reactive ketones (excluding diaryl/α,β-unsaturated/α-hetero) is 1. The quantitative estimate of drug-likeness (QED) is 0.557. The van der Waals surface area contributed by atoms with Gasteiger partial charge in [-0.3, -0.25) is 14.2 Å². The Morgan fingerprint density at radius 1 is 1.24 bits per heavy atom. The molecule has 33 heavy (non-hydrogen) atoms. The molecule has 0 fully saturated rings. The summed E-state index contributed by atoms with van der Waals surface area (Å²) in [7, 11) is -3.86. The predicted octanol–water partition coefficient (Wildman–Crippen LogP) is 1.99. The van der Waals surface area contributed by atoms with Crippen LogP contribution in [-0.2, 0) is 39.1 Å². The Hall–Kier alpha value is -2.95. The van der Waals surface area contributed by atoms with E-state index in [4.69, 9.17) is 4.74 Å². The van der Waals surface area contributed by atoms with Gasteiger partial charge in [-0.05, 0) is 48.2 Å². The zero-order chi connectivity index (χ0) is 24.0. The minimum absolute atomic E-state index is 0.0396. The molecule has 0 bridgehead atoms. The van der Waals surface area contributed by atoms with Gasteiger partial charge in [-0.2, -0.15) is 0 Å². The van der Waals surface area contributed by atoms with E-state index in [9.17, 15) is 27.5 Å². The van der Waals surface area contributed by atoms with E-state index >= 15 is 0 Å². The topological polar surface area (TPSA) is 116 Å². The van der Waals surface area contributed by atoms with Gasteiger partial charge >= 0.3 is 0 Å². The first kappa shape index (κ1) is 23.2. The van der Waals surface area contributed by atoms with E-state index in [0.29, 0.717) is 29.9 Å². The number of ketones is 1. The molecule has 2 heterocycles. The lowest BCUT2D eigenvalue weighted by molar-refractivity contribution is -0.124. The molecule has 0 aliphatic carbocycles. The van der Waals surface area contributed by atoms with E-state index in [0.717, 1.165) is 28.0 Å². The summed E-state index contributed by atoms with van der Waals surface area (Å²) in [6.45, 7) is 1.13. The number of carbonyl (C=O) groups is 1. The van der Waals surface area contributed by atoms with Crippen LogP contribution in [0.4, 0.5) is 4.39 Å².